The van der Waals surface area contributed by atoms with Crippen LogP contribution in [0.5, 0.6) is 11.5 Å². The molecule has 0 unspecified atom stereocenters. The minimum atomic E-state index is -0.231. The third-order valence-electron chi connectivity index (χ3n) is 5.18. The number of nitrogens with zero attached hydrogens (tertiary/aromatic N) is 2. The number of ether oxygens (including phenoxy) is 2. The van der Waals surface area contributed by atoms with Gasteiger partial charge in [0.25, 0.3) is 5.56 Å². The van der Waals surface area contributed by atoms with E-state index in [9.17, 15) is 9.59 Å². The summed E-state index contributed by atoms with van der Waals surface area (Å²) in [4.78, 5) is 31.8. The summed E-state index contributed by atoms with van der Waals surface area (Å²) in [5.41, 5.74) is 1.92. The molecule has 7 nitrogen and oxygen atoms in total. The SMILES string of the molecule is O=C(Cn1cnc2sc3c(c2c1=O)CCCC3)NCc1ccc2c(c1)OCO2. The molecule has 5 rings (SSSR count). The Kier molecular flexibility index (Phi) is 4.27. The average Bonchev–Trinajstić information content (AvgIpc) is 3.32. The molecule has 3 aromatic rings. The molecule has 28 heavy (non-hydrogen) atoms. The Morgan fingerprint density at radius 2 is 2.07 bits per heavy atom. The van der Waals surface area contributed by atoms with Crippen LogP contribution < -0.4 is 20.3 Å². The van der Waals surface area contributed by atoms with Crippen molar-refractivity contribution in [2.75, 3.05) is 6.79 Å². The summed E-state index contributed by atoms with van der Waals surface area (Å²) in [7, 11) is 0. The van der Waals surface area contributed by atoms with Crippen LogP contribution in [0.3, 0.4) is 0 Å². The van der Waals surface area contributed by atoms with E-state index < -0.39 is 0 Å². The van der Waals surface area contributed by atoms with Gasteiger partial charge in [-0.05, 0) is 48.9 Å². The van der Waals surface area contributed by atoms with Gasteiger partial charge in [0.2, 0.25) is 12.7 Å². The topological polar surface area (TPSA) is 82.5 Å². The van der Waals surface area contributed by atoms with Gasteiger partial charge in [-0.25, -0.2) is 4.98 Å². The van der Waals surface area contributed by atoms with Crippen LogP contribution in [0.4, 0.5) is 0 Å². The standard InChI is InChI=1S/C20H19N3O4S/c24-17(21-8-12-5-6-14-15(7-12)27-11-26-14)9-23-10-22-19-18(20(23)25)13-3-1-2-4-16(13)28-19/h5-7,10H,1-4,8-9,11H2,(H,21,24). The van der Waals surface area contributed by atoms with Crippen LogP contribution in [0, 0.1) is 0 Å². The summed E-state index contributed by atoms with van der Waals surface area (Å²) in [5, 5.41) is 3.55. The van der Waals surface area contributed by atoms with Crippen LogP contribution in [0.2, 0.25) is 0 Å². The lowest BCUT2D eigenvalue weighted by Gasteiger charge is -2.11. The Morgan fingerprint density at radius 1 is 1.21 bits per heavy atom. The fourth-order valence-electron chi connectivity index (χ4n) is 3.76. The molecule has 3 heterocycles. The first-order valence-electron chi connectivity index (χ1n) is 9.34. The van der Waals surface area contributed by atoms with Crippen molar-refractivity contribution in [3.05, 3.63) is 50.9 Å². The highest BCUT2D eigenvalue weighted by molar-refractivity contribution is 7.18. The van der Waals surface area contributed by atoms with Crippen LogP contribution in [0.25, 0.3) is 10.2 Å². The summed E-state index contributed by atoms with van der Waals surface area (Å²) in [6.45, 7) is 0.528. The largest absolute Gasteiger partial charge is 0.454 e. The van der Waals surface area contributed by atoms with Crippen LogP contribution in [0.1, 0.15) is 28.8 Å². The summed E-state index contributed by atoms with van der Waals surface area (Å²) < 4.78 is 12.0. The molecule has 0 fully saturated rings. The van der Waals surface area contributed by atoms with Gasteiger partial charge in [-0.2, -0.15) is 0 Å². The third-order valence-corrected chi connectivity index (χ3v) is 6.38. The molecular weight excluding hydrogens is 378 g/mol. The minimum absolute atomic E-state index is 0.0447. The third kappa shape index (κ3) is 3.03. The van der Waals surface area contributed by atoms with E-state index in [1.165, 1.54) is 15.8 Å². The van der Waals surface area contributed by atoms with Gasteiger partial charge in [0, 0.05) is 11.4 Å². The maximum Gasteiger partial charge on any atom is 0.262 e. The first-order valence-corrected chi connectivity index (χ1v) is 10.2. The smallest absolute Gasteiger partial charge is 0.262 e. The number of nitrogens with one attached hydrogen (secondary N) is 1. The second kappa shape index (κ2) is 6.94. The Morgan fingerprint density at radius 3 is 3.00 bits per heavy atom. The van der Waals surface area contributed by atoms with Crippen molar-refractivity contribution in [1.82, 2.24) is 14.9 Å². The second-order valence-corrected chi connectivity index (χ2v) is 8.12. The Labute approximate surface area is 164 Å². The number of aromatic nitrogens is 2. The normalized spacial score (nSPS) is 14.9. The van der Waals surface area contributed by atoms with Crippen LogP contribution >= 0.6 is 11.3 Å². The molecule has 1 N–H and O–H groups in total. The highest BCUT2D eigenvalue weighted by atomic mass is 32.1. The van der Waals surface area contributed by atoms with Crippen molar-refractivity contribution in [1.29, 1.82) is 0 Å². The predicted octanol–water partition coefficient (Wildman–Crippen LogP) is 2.38. The molecule has 1 aliphatic carbocycles. The molecule has 0 radical (unpaired) electrons. The zero-order chi connectivity index (χ0) is 19.1. The highest BCUT2D eigenvalue weighted by Gasteiger charge is 2.20. The minimum Gasteiger partial charge on any atom is -0.454 e. The second-order valence-electron chi connectivity index (χ2n) is 7.03. The molecule has 0 saturated carbocycles. The molecule has 1 aromatic carbocycles. The van der Waals surface area contributed by atoms with E-state index in [4.69, 9.17) is 9.47 Å². The van der Waals surface area contributed by atoms with Crippen molar-refractivity contribution in [3.8, 4) is 11.5 Å². The lowest BCUT2D eigenvalue weighted by Crippen LogP contribution is -2.32. The van der Waals surface area contributed by atoms with E-state index in [0.717, 1.165) is 41.6 Å². The van der Waals surface area contributed by atoms with Crippen molar-refractivity contribution >= 4 is 27.5 Å². The molecule has 2 aliphatic rings. The zero-order valence-corrected chi connectivity index (χ0v) is 16.0. The van der Waals surface area contributed by atoms with Crippen molar-refractivity contribution < 1.29 is 14.3 Å². The predicted molar refractivity (Wildman–Crippen MR) is 105 cm³/mol. The van der Waals surface area contributed by atoms with Gasteiger partial charge >= 0.3 is 0 Å². The summed E-state index contributed by atoms with van der Waals surface area (Å²) >= 11 is 1.61. The van der Waals surface area contributed by atoms with Gasteiger partial charge in [0.15, 0.2) is 11.5 Å². The fourth-order valence-corrected chi connectivity index (χ4v) is 4.98. The van der Waals surface area contributed by atoms with Gasteiger partial charge in [-0.3, -0.25) is 14.2 Å². The highest BCUT2D eigenvalue weighted by Crippen LogP contribution is 2.33. The number of fused-ring (bicyclic) bond motifs is 4. The zero-order valence-electron chi connectivity index (χ0n) is 15.2. The van der Waals surface area contributed by atoms with Crippen LogP contribution in [-0.4, -0.2) is 22.3 Å². The lowest BCUT2D eigenvalue weighted by atomic mass is 9.97. The number of hydrogen-bond donors (Lipinski definition) is 1. The molecule has 0 spiro atoms. The van der Waals surface area contributed by atoms with E-state index in [1.54, 1.807) is 11.3 Å². The Hall–Kier alpha value is -2.87. The number of rotatable bonds is 4. The molecule has 0 bridgehead atoms. The Balaban J connectivity index is 1.31. The monoisotopic (exact) mass is 397 g/mol. The summed E-state index contributed by atoms with van der Waals surface area (Å²) in [6, 6.07) is 5.55. The molecule has 144 valence electrons. The number of aryl methyl sites for hydroxylation is 2. The first-order chi connectivity index (χ1) is 13.7. The molecule has 2 aromatic heterocycles. The van der Waals surface area contributed by atoms with Gasteiger partial charge in [0.1, 0.15) is 11.4 Å². The van der Waals surface area contributed by atoms with Crippen molar-refractivity contribution in [2.45, 2.75) is 38.8 Å². The van der Waals surface area contributed by atoms with E-state index in [-0.39, 0.29) is 24.8 Å². The van der Waals surface area contributed by atoms with Crippen molar-refractivity contribution in [3.63, 3.8) is 0 Å². The maximum atomic E-state index is 12.9. The molecule has 0 atom stereocenters. The van der Waals surface area contributed by atoms with E-state index in [0.29, 0.717) is 23.4 Å². The maximum absolute atomic E-state index is 12.9. The molecule has 1 aliphatic heterocycles. The molecule has 0 saturated heterocycles. The number of carbonyl (C=O) groups is 1. The van der Waals surface area contributed by atoms with Crippen LogP contribution in [0.15, 0.2) is 29.3 Å². The molecular formula is C20H19N3O4S. The number of benzene rings is 1. The summed E-state index contributed by atoms with van der Waals surface area (Å²) in [6.07, 6.45) is 5.69. The molecule has 1 amide bonds. The Bertz CT molecular complexity index is 1130. The summed E-state index contributed by atoms with van der Waals surface area (Å²) in [5.74, 6) is 1.16. The van der Waals surface area contributed by atoms with Gasteiger partial charge in [-0.15, -0.1) is 11.3 Å². The number of carbonyl (C=O) groups excluding carboxylic acids is 1. The van der Waals surface area contributed by atoms with Gasteiger partial charge in [-0.1, -0.05) is 6.07 Å². The van der Waals surface area contributed by atoms with E-state index in [1.807, 2.05) is 18.2 Å². The average molecular weight is 397 g/mol. The van der Waals surface area contributed by atoms with E-state index in [2.05, 4.69) is 10.3 Å². The quantitative estimate of drug-likeness (QED) is 0.731. The number of amides is 1. The number of hydrogen-bond acceptors (Lipinski definition) is 6. The lowest BCUT2D eigenvalue weighted by molar-refractivity contribution is -0.121. The van der Waals surface area contributed by atoms with Crippen molar-refractivity contribution in [2.24, 2.45) is 0 Å². The molecule has 8 heteroatoms. The van der Waals surface area contributed by atoms with Gasteiger partial charge in [0.05, 0.1) is 11.7 Å². The van der Waals surface area contributed by atoms with E-state index >= 15 is 0 Å². The van der Waals surface area contributed by atoms with Crippen LogP contribution in [-0.2, 0) is 30.7 Å². The first kappa shape index (κ1) is 17.2. The fraction of sp³-hybridized carbons (Fsp3) is 0.350. The van der Waals surface area contributed by atoms with Gasteiger partial charge < -0.3 is 14.8 Å². The number of thiophene rings is 1.